The van der Waals surface area contributed by atoms with E-state index >= 15 is 0 Å². The van der Waals surface area contributed by atoms with E-state index in [1.807, 2.05) is 6.92 Å². The van der Waals surface area contributed by atoms with Crippen molar-refractivity contribution in [2.45, 2.75) is 12.2 Å². The van der Waals surface area contributed by atoms with Gasteiger partial charge in [-0.15, -0.1) is 0 Å². The summed E-state index contributed by atoms with van der Waals surface area (Å²) in [6.45, 7) is 3.72. The highest BCUT2D eigenvalue weighted by molar-refractivity contribution is 6.08. The first-order valence-electron chi connectivity index (χ1n) is 2.19. The lowest BCUT2D eigenvalue weighted by Gasteiger charge is -1.92. The van der Waals surface area contributed by atoms with Gasteiger partial charge in [0.05, 0.1) is 0 Å². The summed E-state index contributed by atoms with van der Waals surface area (Å²) < 4.78 is 4.96. The maximum absolute atomic E-state index is 4.96. The van der Waals surface area contributed by atoms with Gasteiger partial charge >= 0.3 is 0 Å². The third-order valence-electron chi connectivity index (χ3n) is 0.466. The summed E-state index contributed by atoms with van der Waals surface area (Å²) in [5, 5.41) is 1.05. The minimum absolute atomic E-state index is 0.842. The van der Waals surface area contributed by atoms with Crippen molar-refractivity contribution in [2.24, 2.45) is 0 Å². The quantitative estimate of drug-likeness (QED) is 0.373. The first kappa shape index (κ1) is 6.49. The minimum atomic E-state index is 0.842. The molecule has 2 heteroatoms. The fourth-order valence-corrected chi connectivity index (χ4v) is 0.394. The van der Waals surface area contributed by atoms with Crippen LogP contribution >= 0.6 is 0 Å². The number of hydrogen-bond acceptors (Lipinski definition) is 1. The summed E-state index contributed by atoms with van der Waals surface area (Å²) in [4.78, 5) is 0. The molecule has 0 aromatic heterocycles. The maximum Gasteiger partial charge on any atom is 0.121 e. The van der Waals surface area contributed by atoms with Crippen LogP contribution in [0.1, 0.15) is 6.92 Å². The van der Waals surface area contributed by atoms with Gasteiger partial charge in [0, 0.05) is 13.2 Å². The van der Waals surface area contributed by atoms with Gasteiger partial charge in [-0.3, -0.25) is 0 Å². The second-order valence-corrected chi connectivity index (χ2v) is 1.56. The van der Waals surface area contributed by atoms with Crippen molar-refractivity contribution < 1.29 is 4.74 Å². The zero-order chi connectivity index (χ0) is 4.83. The van der Waals surface area contributed by atoms with Crippen LogP contribution in [0.15, 0.2) is 0 Å². The molecular formula is C4H9AlO. The van der Waals surface area contributed by atoms with Gasteiger partial charge in [-0.05, 0) is 6.92 Å². The number of ether oxygens (including phenoxy) is 1. The fraction of sp³-hybridized carbons (Fsp3) is 1.00. The van der Waals surface area contributed by atoms with Crippen molar-refractivity contribution in [3.05, 3.63) is 0 Å². The molecule has 0 heterocycles. The molecule has 1 nitrogen and oxygen atoms in total. The van der Waals surface area contributed by atoms with Gasteiger partial charge in [-0.1, -0.05) is 5.28 Å². The Bertz CT molecular complexity index is 19.5. The molecule has 0 saturated carbocycles. The van der Waals surface area contributed by atoms with E-state index in [0.717, 1.165) is 18.5 Å². The lowest BCUT2D eigenvalue weighted by atomic mass is 10.8. The van der Waals surface area contributed by atoms with E-state index < -0.39 is 0 Å². The molecule has 0 saturated heterocycles. The molecule has 0 rings (SSSR count). The van der Waals surface area contributed by atoms with Crippen LogP contribution in [0.25, 0.3) is 0 Å². The van der Waals surface area contributed by atoms with E-state index in [2.05, 4.69) is 16.3 Å². The van der Waals surface area contributed by atoms with E-state index in [4.69, 9.17) is 4.74 Å². The summed E-state index contributed by atoms with van der Waals surface area (Å²) in [7, 11) is 0. The Morgan fingerprint density at radius 3 is 2.50 bits per heavy atom. The molecule has 0 N–H and O–H groups in total. The monoisotopic (exact) mass is 100 g/mol. The number of hydrogen-bond donors (Lipinski definition) is 0. The van der Waals surface area contributed by atoms with Gasteiger partial charge < -0.3 is 4.74 Å². The third-order valence-corrected chi connectivity index (χ3v) is 0.702. The molecule has 0 bridgehead atoms. The molecule has 0 fully saturated rings. The molecule has 34 valence electrons. The molecular weight excluding hydrogens is 91.0 g/mol. The summed E-state index contributed by atoms with van der Waals surface area (Å²) in [5.41, 5.74) is 0. The highest BCUT2D eigenvalue weighted by Gasteiger charge is 1.72. The summed E-state index contributed by atoms with van der Waals surface area (Å²) in [6.07, 6.45) is 0. The molecule has 0 aliphatic heterocycles. The van der Waals surface area contributed by atoms with Gasteiger partial charge in [-0.25, -0.2) is 0 Å². The van der Waals surface area contributed by atoms with Gasteiger partial charge in [-0.2, -0.15) is 0 Å². The van der Waals surface area contributed by atoms with Crippen LogP contribution in [0.3, 0.4) is 0 Å². The molecule has 0 spiro atoms. The zero-order valence-electron chi connectivity index (χ0n) is 4.11. The van der Waals surface area contributed by atoms with Crippen LogP contribution in [0.4, 0.5) is 0 Å². The standard InChI is InChI=1S/C4H9O.Al/c1-3-5-4-2;/h1,3-4H2,2H3;. The second kappa shape index (κ2) is 5.49. The van der Waals surface area contributed by atoms with Crippen molar-refractivity contribution in [2.75, 3.05) is 13.2 Å². The molecule has 0 aromatic carbocycles. The van der Waals surface area contributed by atoms with Crippen molar-refractivity contribution in [1.29, 1.82) is 0 Å². The lowest BCUT2D eigenvalue weighted by Crippen LogP contribution is -1.90. The Labute approximate surface area is 47.1 Å². The Balaban J connectivity index is 2.34. The predicted molar refractivity (Wildman–Crippen MR) is 27.1 cm³/mol. The molecule has 0 aromatic rings. The Hall–Kier alpha value is 0.492. The third kappa shape index (κ3) is 4.49. The first-order valence-corrected chi connectivity index (χ1v) is 3.01. The molecule has 0 aliphatic carbocycles. The SMILES string of the molecule is CCOC[CH2][Al]. The minimum Gasteiger partial charge on any atom is -0.383 e. The second-order valence-electron chi connectivity index (χ2n) is 0.986. The summed E-state index contributed by atoms with van der Waals surface area (Å²) >= 11 is 2.60. The molecule has 2 radical (unpaired) electrons. The van der Waals surface area contributed by atoms with E-state index in [1.54, 1.807) is 0 Å². The lowest BCUT2D eigenvalue weighted by molar-refractivity contribution is 0.162. The van der Waals surface area contributed by atoms with Crippen LogP contribution in [0, 0.1) is 0 Å². The van der Waals surface area contributed by atoms with E-state index in [1.165, 1.54) is 0 Å². The highest BCUT2D eigenvalue weighted by atomic mass is 27.0. The Morgan fingerprint density at radius 2 is 2.33 bits per heavy atom. The van der Waals surface area contributed by atoms with Crippen molar-refractivity contribution in [3.8, 4) is 0 Å². The topological polar surface area (TPSA) is 9.23 Å². The van der Waals surface area contributed by atoms with Crippen LogP contribution < -0.4 is 0 Å². The average Bonchev–Trinajstić information content (AvgIpc) is 1.61. The van der Waals surface area contributed by atoms with Gasteiger partial charge in [0.25, 0.3) is 0 Å². The number of rotatable bonds is 3. The largest absolute Gasteiger partial charge is 0.383 e. The first-order chi connectivity index (χ1) is 2.91. The smallest absolute Gasteiger partial charge is 0.121 e. The Kier molecular flexibility index (Phi) is 5.94. The summed E-state index contributed by atoms with van der Waals surface area (Å²) in [6, 6.07) is 0. The zero-order valence-corrected chi connectivity index (χ0v) is 5.26. The normalized spacial score (nSPS) is 8.83. The van der Waals surface area contributed by atoms with Crippen LogP contribution in [-0.4, -0.2) is 29.5 Å². The fourth-order valence-electron chi connectivity index (χ4n) is 0.228. The van der Waals surface area contributed by atoms with E-state index in [0.29, 0.717) is 0 Å². The van der Waals surface area contributed by atoms with Crippen molar-refractivity contribution in [3.63, 3.8) is 0 Å². The van der Waals surface area contributed by atoms with Crippen molar-refractivity contribution >= 4 is 16.3 Å². The molecule has 0 aliphatic rings. The van der Waals surface area contributed by atoms with Gasteiger partial charge in [0.1, 0.15) is 16.3 Å². The highest BCUT2D eigenvalue weighted by Crippen LogP contribution is 1.73. The van der Waals surface area contributed by atoms with Crippen LogP contribution in [0.5, 0.6) is 0 Å². The Morgan fingerprint density at radius 1 is 1.67 bits per heavy atom. The van der Waals surface area contributed by atoms with Crippen LogP contribution in [-0.2, 0) is 4.74 Å². The van der Waals surface area contributed by atoms with Gasteiger partial charge in [0.15, 0.2) is 0 Å². The molecule has 0 unspecified atom stereocenters. The molecule has 0 atom stereocenters. The van der Waals surface area contributed by atoms with Crippen LogP contribution in [0.2, 0.25) is 5.28 Å². The van der Waals surface area contributed by atoms with Gasteiger partial charge in [0.2, 0.25) is 0 Å². The van der Waals surface area contributed by atoms with E-state index in [-0.39, 0.29) is 0 Å². The average molecular weight is 100 g/mol. The predicted octanol–water partition coefficient (Wildman–Crippen LogP) is 0.610. The maximum atomic E-state index is 4.96. The molecule has 0 amide bonds. The molecule has 6 heavy (non-hydrogen) atoms. The van der Waals surface area contributed by atoms with E-state index in [9.17, 15) is 0 Å². The summed E-state index contributed by atoms with van der Waals surface area (Å²) in [5.74, 6) is 0. The van der Waals surface area contributed by atoms with Crippen molar-refractivity contribution in [1.82, 2.24) is 0 Å².